The molecule has 0 aliphatic heterocycles. The van der Waals surface area contributed by atoms with Crippen molar-refractivity contribution in [2.75, 3.05) is 6.61 Å². The molecule has 6 nitrogen and oxygen atoms in total. The van der Waals surface area contributed by atoms with Gasteiger partial charge in [0.2, 0.25) is 0 Å². The van der Waals surface area contributed by atoms with Crippen molar-refractivity contribution < 1.29 is 19.4 Å². The largest absolute Gasteiger partial charge is 0.507 e. The van der Waals surface area contributed by atoms with E-state index in [4.69, 9.17) is 32.7 Å². The van der Waals surface area contributed by atoms with Gasteiger partial charge in [-0.25, -0.2) is 5.43 Å². The third-order valence-electron chi connectivity index (χ3n) is 5.15. The first kappa shape index (κ1) is 24.4. The van der Waals surface area contributed by atoms with Crippen LogP contribution in [0.25, 0.3) is 10.8 Å². The van der Waals surface area contributed by atoms with Crippen molar-refractivity contribution in [3.05, 3.63) is 99.5 Å². The van der Waals surface area contributed by atoms with E-state index in [9.17, 15) is 9.90 Å². The van der Waals surface area contributed by atoms with E-state index in [0.29, 0.717) is 33.7 Å². The first-order chi connectivity index (χ1) is 16.9. The van der Waals surface area contributed by atoms with Gasteiger partial charge in [-0.15, -0.1) is 0 Å². The number of rotatable bonds is 8. The van der Waals surface area contributed by atoms with Crippen molar-refractivity contribution in [2.45, 2.75) is 13.5 Å². The normalized spacial score (nSPS) is 11.1. The highest BCUT2D eigenvalue weighted by Crippen LogP contribution is 2.30. The summed E-state index contributed by atoms with van der Waals surface area (Å²) in [5.74, 6) is 0.437. The van der Waals surface area contributed by atoms with Crippen LogP contribution in [0, 0.1) is 0 Å². The number of nitrogens with one attached hydrogen (secondary N) is 1. The molecule has 0 fully saturated rings. The van der Waals surface area contributed by atoms with Crippen molar-refractivity contribution in [3.8, 4) is 17.2 Å². The minimum atomic E-state index is -0.519. The molecule has 2 N–H and O–H groups in total. The quantitative estimate of drug-likeness (QED) is 0.207. The Morgan fingerprint density at radius 2 is 1.74 bits per heavy atom. The van der Waals surface area contributed by atoms with E-state index in [1.807, 2.05) is 37.3 Å². The van der Waals surface area contributed by atoms with Crippen molar-refractivity contribution >= 4 is 46.1 Å². The number of carbonyl (C=O) groups excluding carboxylic acids is 1. The lowest BCUT2D eigenvalue weighted by Crippen LogP contribution is -2.17. The maximum atomic E-state index is 12.5. The van der Waals surface area contributed by atoms with Crippen LogP contribution in [0.4, 0.5) is 0 Å². The number of hydrogen-bond acceptors (Lipinski definition) is 5. The summed E-state index contributed by atoms with van der Waals surface area (Å²) in [4.78, 5) is 12.5. The van der Waals surface area contributed by atoms with Crippen LogP contribution in [0.3, 0.4) is 0 Å². The van der Waals surface area contributed by atoms with E-state index < -0.39 is 5.91 Å². The maximum absolute atomic E-state index is 12.5. The standard InChI is InChI=1S/C27H22Cl2N2O4/c1-2-34-26-11-17(7-10-25(26)35-16-20-8-9-21(28)14-23(20)29)15-30-31-27(33)22-12-18-5-3-4-6-19(18)13-24(22)32/h3-15,32H,2,16H2,1H3,(H,31,33). The third-order valence-corrected chi connectivity index (χ3v) is 5.74. The Morgan fingerprint density at radius 1 is 0.971 bits per heavy atom. The van der Waals surface area contributed by atoms with Gasteiger partial charge in [0.05, 0.1) is 18.4 Å². The van der Waals surface area contributed by atoms with E-state index >= 15 is 0 Å². The molecule has 35 heavy (non-hydrogen) atoms. The van der Waals surface area contributed by atoms with Gasteiger partial charge in [0, 0.05) is 15.6 Å². The molecular weight excluding hydrogens is 487 g/mol. The monoisotopic (exact) mass is 508 g/mol. The number of amides is 1. The average molecular weight is 509 g/mol. The molecule has 0 unspecified atom stereocenters. The highest BCUT2D eigenvalue weighted by molar-refractivity contribution is 6.35. The number of phenols is 1. The third kappa shape index (κ3) is 6.04. The second-order valence-corrected chi connectivity index (χ2v) is 8.42. The Bertz CT molecular complexity index is 1410. The van der Waals surface area contributed by atoms with Crippen LogP contribution in [0.2, 0.25) is 10.0 Å². The molecule has 4 rings (SSSR count). The van der Waals surface area contributed by atoms with Gasteiger partial charge in [0.15, 0.2) is 11.5 Å². The first-order valence-electron chi connectivity index (χ1n) is 10.8. The highest BCUT2D eigenvalue weighted by atomic mass is 35.5. The smallest absolute Gasteiger partial charge is 0.275 e. The van der Waals surface area contributed by atoms with Gasteiger partial charge in [-0.05, 0) is 65.7 Å². The zero-order chi connectivity index (χ0) is 24.8. The lowest BCUT2D eigenvalue weighted by Gasteiger charge is -2.13. The van der Waals surface area contributed by atoms with Crippen molar-refractivity contribution in [1.29, 1.82) is 0 Å². The Labute approximate surface area is 212 Å². The van der Waals surface area contributed by atoms with Gasteiger partial charge in [0.1, 0.15) is 12.4 Å². The molecule has 4 aromatic rings. The summed E-state index contributed by atoms with van der Waals surface area (Å²) in [6, 6.07) is 21.2. The second kappa shape index (κ2) is 11.1. The molecule has 0 atom stereocenters. The van der Waals surface area contributed by atoms with E-state index in [1.165, 1.54) is 6.21 Å². The zero-order valence-electron chi connectivity index (χ0n) is 18.8. The molecule has 0 heterocycles. The summed E-state index contributed by atoms with van der Waals surface area (Å²) in [6.45, 7) is 2.56. The molecule has 0 bridgehead atoms. The number of halogens is 2. The molecule has 0 aliphatic carbocycles. The minimum absolute atomic E-state index is 0.114. The molecule has 8 heteroatoms. The predicted octanol–water partition coefficient (Wildman–Crippen LogP) is 6.59. The average Bonchev–Trinajstić information content (AvgIpc) is 2.84. The summed E-state index contributed by atoms with van der Waals surface area (Å²) >= 11 is 12.2. The van der Waals surface area contributed by atoms with Crippen LogP contribution in [-0.4, -0.2) is 23.8 Å². The molecule has 1 amide bonds. The van der Waals surface area contributed by atoms with E-state index in [1.54, 1.807) is 42.5 Å². The van der Waals surface area contributed by atoms with Crippen LogP contribution < -0.4 is 14.9 Å². The fourth-order valence-corrected chi connectivity index (χ4v) is 3.89. The molecule has 178 valence electrons. The lowest BCUT2D eigenvalue weighted by molar-refractivity contribution is 0.0952. The second-order valence-electron chi connectivity index (χ2n) is 7.58. The summed E-state index contributed by atoms with van der Waals surface area (Å²) in [5.41, 5.74) is 4.07. The first-order valence-corrected chi connectivity index (χ1v) is 11.6. The van der Waals surface area contributed by atoms with Crippen molar-refractivity contribution in [1.82, 2.24) is 5.43 Å². The van der Waals surface area contributed by atoms with Crippen LogP contribution in [0.15, 0.2) is 77.9 Å². The number of nitrogens with zero attached hydrogens (tertiary/aromatic N) is 1. The molecular formula is C27H22Cl2N2O4. The summed E-state index contributed by atoms with van der Waals surface area (Å²) < 4.78 is 11.6. The molecule has 0 spiro atoms. The molecule has 0 radical (unpaired) electrons. The van der Waals surface area contributed by atoms with Gasteiger partial charge in [0.25, 0.3) is 5.91 Å². The maximum Gasteiger partial charge on any atom is 0.275 e. The number of aromatic hydroxyl groups is 1. The van der Waals surface area contributed by atoms with Crippen molar-refractivity contribution in [2.24, 2.45) is 5.10 Å². The van der Waals surface area contributed by atoms with Gasteiger partial charge in [-0.1, -0.05) is 53.5 Å². The molecule has 4 aromatic carbocycles. The van der Waals surface area contributed by atoms with E-state index in [2.05, 4.69) is 10.5 Å². The fraction of sp³-hybridized carbons (Fsp3) is 0.111. The van der Waals surface area contributed by atoms with E-state index in [0.717, 1.165) is 16.3 Å². The predicted molar refractivity (Wildman–Crippen MR) is 139 cm³/mol. The van der Waals surface area contributed by atoms with Crippen LogP contribution in [0.1, 0.15) is 28.4 Å². The van der Waals surface area contributed by atoms with Gasteiger partial charge in [-0.2, -0.15) is 5.10 Å². The van der Waals surface area contributed by atoms with Crippen LogP contribution in [0.5, 0.6) is 17.2 Å². The van der Waals surface area contributed by atoms with Gasteiger partial charge < -0.3 is 14.6 Å². The summed E-state index contributed by atoms with van der Waals surface area (Å²) in [5, 5.41) is 17.0. The summed E-state index contributed by atoms with van der Waals surface area (Å²) in [6.07, 6.45) is 1.48. The van der Waals surface area contributed by atoms with Crippen LogP contribution >= 0.6 is 23.2 Å². The zero-order valence-corrected chi connectivity index (χ0v) is 20.3. The Morgan fingerprint density at radius 3 is 2.49 bits per heavy atom. The van der Waals surface area contributed by atoms with Gasteiger partial charge >= 0.3 is 0 Å². The van der Waals surface area contributed by atoms with E-state index in [-0.39, 0.29) is 17.9 Å². The SMILES string of the molecule is CCOc1cc(C=NNC(=O)c2cc3ccccc3cc2O)ccc1OCc1ccc(Cl)cc1Cl. The van der Waals surface area contributed by atoms with Crippen LogP contribution in [-0.2, 0) is 6.61 Å². The molecule has 0 saturated heterocycles. The number of hydrazone groups is 1. The number of ether oxygens (including phenoxy) is 2. The Balaban J connectivity index is 1.45. The molecule has 0 aliphatic rings. The minimum Gasteiger partial charge on any atom is -0.507 e. The number of benzene rings is 4. The fourth-order valence-electron chi connectivity index (χ4n) is 3.42. The Kier molecular flexibility index (Phi) is 7.75. The summed E-state index contributed by atoms with van der Waals surface area (Å²) in [7, 11) is 0. The molecule has 0 saturated carbocycles. The molecule has 0 aromatic heterocycles. The van der Waals surface area contributed by atoms with Crippen molar-refractivity contribution in [3.63, 3.8) is 0 Å². The van der Waals surface area contributed by atoms with Gasteiger partial charge in [-0.3, -0.25) is 4.79 Å². The number of phenolic OH excluding ortho intramolecular Hbond substituents is 1. The topological polar surface area (TPSA) is 80.2 Å². The number of fused-ring (bicyclic) bond motifs is 1. The highest BCUT2D eigenvalue weighted by Gasteiger charge is 2.12. The Hall–Kier alpha value is -3.74. The number of carbonyl (C=O) groups is 1. The lowest BCUT2D eigenvalue weighted by atomic mass is 10.1. The number of hydrogen-bond donors (Lipinski definition) is 2.